The molecule has 0 aliphatic carbocycles. The van der Waals surface area contributed by atoms with E-state index in [1.807, 2.05) is 41.5 Å². The van der Waals surface area contributed by atoms with Crippen LogP contribution in [0.4, 0.5) is 0 Å². The van der Waals surface area contributed by atoms with Gasteiger partial charge in [-0.15, -0.1) is 0 Å². The van der Waals surface area contributed by atoms with Gasteiger partial charge in [0.1, 0.15) is 6.10 Å². The molecule has 0 saturated carbocycles. The van der Waals surface area contributed by atoms with Crippen LogP contribution in [0.25, 0.3) is 0 Å². The molecule has 0 aromatic rings. The number of carbonyl (C=O) groups is 1. The second kappa shape index (κ2) is 4.81. The highest BCUT2D eigenvalue weighted by molar-refractivity contribution is 5.71. The normalized spacial score (nSPS) is 14.6. The third kappa shape index (κ3) is 4.12. The fraction of sp³-hybridized carbons (Fsp3) is 0.833. The average Bonchev–Trinajstić information content (AvgIpc) is 1.96. The Labute approximate surface area is 88.0 Å². The van der Waals surface area contributed by atoms with Crippen LogP contribution in [0.1, 0.15) is 41.5 Å². The van der Waals surface area contributed by atoms with Crippen LogP contribution in [0, 0.1) is 24.2 Å². The summed E-state index contributed by atoms with van der Waals surface area (Å²) >= 11 is 0. The summed E-state index contributed by atoms with van der Waals surface area (Å²) in [5.74, 6) is 0.0872. The lowest BCUT2D eigenvalue weighted by Crippen LogP contribution is -2.37. The summed E-state index contributed by atoms with van der Waals surface area (Å²) in [6, 6.07) is 0. The maximum atomic E-state index is 11.5. The minimum atomic E-state index is -0.237. The Balaban J connectivity index is 4.48. The molecule has 0 aromatic carbocycles. The van der Waals surface area contributed by atoms with E-state index in [-0.39, 0.29) is 23.4 Å². The van der Waals surface area contributed by atoms with Gasteiger partial charge < -0.3 is 4.74 Å². The van der Waals surface area contributed by atoms with Crippen LogP contribution in [0.15, 0.2) is 0 Å². The Bertz CT molecular complexity index is 187. The first-order valence-corrected chi connectivity index (χ1v) is 5.22. The van der Waals surface area contributed by atoms with Gasteiger partial charge in [0, 0.05) is 5.41 Å². The molecule has 1 unspecified atom stereocenters. The molecule has 0 aliphatic heterocycles. The van der Waals surface area contributed by atoms with E-state index in [9.17, 15) is 4.79 Å². The molecule has 0 bridgehead atoms. The van der Waals surface area contributed by atoms with E-state index in [1.165, 1.54) is 0 Å². The van der Waals surface area contributed by atoms with Crippen LogP contribution in [0.5, 0.6) is 0 Å². The summed E-state index contributed by atoms with van der Waals surface area (Å²) in [6.45, 7) is 15.8. The first-order chi connectivity index (χ1) is 6.16. The number of carbonyl (C=O) groups excluding carboxylic acids is 1. The monoisotopic (exact) mass is 199 g/mol. The SMILES string of the molecule is [CH2]C(C)(C)C(OC(=O)C(C)C)C(C)C. The van der Waals surface area contributed by atoms with Crippen molar-refractivity contribution in [3.8, 4) is 0 Å². The lowest BCUT2D eigenvalue weighted by atomic mass is 9.82. The maximum absolute atomic E-state index is 11.5. The molecule has 2 nitrogen and oxygen atoms in total. The summed E-state index contributed by atoms with van der Waals surface area (Å²) in [5, 5.41) is 0. The number of rotatable bonds is 4. The Morgan fingerprint density at radius 3 is 1.86 bits per heavy atom. The zero-order valence-corrected chi connectivity index (χ0v) is 10.3. The Hall–Kier alpha value is -0.530. The predicted octanol–water partition coefficient (Wildman–Crippen LogP) is 3.07. The van der Waals surface area contributed by atoms with E-state index in [2.05, 4.69) is 6.92 Å². The molecule has 0 rings (SSSR count). The molecule has 83 valence electrons. The van der Waals surface area contributed by atoms with Gasteiger partial charge in [-0.25, -0.2) is 0 Å². The third-order valence-corrected chi connectivity index (χ3v) is 2.09. The largest absolute Gasteiger partial charge is 0.461 e. The van der Waals surface area contributed by atoms with E-state index < -0.39 is 0 Å². The summed E-state index contributed by atoms with van der Waals surface area (Å²) in [4.78, 5) is 11.5. The number of ether oxygens (including phenoxy) is 1. The smallest absolute Gasteiger partial charge is 0.308 e. The van der Waals surface area contributed by atoms with Crippen molar-refractivity contribution in [2.45, 2.75) is 47.6 Å². The van der Waals surface area contributed by atoms with Crippen LogP contribution in [-0.2, 0) is 9.53 Å². The maximum Gasteiger partial charge on any atom is 0.308 e. The highest BCUT2D eigenvalue weighted by atomic mass is 16.5. The average molecular weight is 199 g/mol. The molecule has 0 spiro atoms. The number of esters is 1. The first-order valence-electron chi connectivity index (χ1n) is 5.22. The quantitative estimate of drug-likeness (QED) is 0.650. The number of hydrogen-bond acceptors (Lipinski definition) is 2. The van der Waals surface area contributed by atoms with Gasteiger partial charge in [-0.2, -0.15) is 0 Å². The Kier molecular flexibility index (Phi) is 4.63. The van der Waals surface area contributed by atoms with Crippen LogP contribution in [0.3, 0.4) is 0 Å². The van der Waals surface area contributed by atoms with E-state index in [0.29, 0.717) is 5.92 Å². The summed E-state index contributed by atoms with van der Waals surface area (Å²) < 4.78 is 5.44. The van der Waals surface area contributed by atoms with Gasteiger partial charge >= 0.3 is 5.97 Å². The van der Waals surface area contributed by atoms with Gasteiger partial charge in [0.2, 0.25) is 0 Å². The van der Waals surface area contributed by atoms with Crippen molar-refractivity contribution in [1.82, 2.24) is 0 Å². The lowest BCUT2D eigenvalue weighted by Gasteiger charge is -2.33. The minimum absolute atomic E-state index is 0.0707. The van der Waals surface area contributed by atoms with E-state index >= 15 is 0 Å². The van der Waals surface area contributed by atoms with Crippen molar-refractivity contribution in [3.63, 3.8) is 0 Å². The Morgan fingerprint density at radius 1 is 1.21 bits per heavy atom. The van der Waals surface area contributed by atoms with E-state index in [4.69, 9.17) is 4.74 Å². The number of hydrogen-bond donors (Lipinski definition) is 0. The molecule has 0 heterocycles. The summed E-state index contributed by atoms with van der Waals surface area (Å²) in [6.07, 6.45) is -0.114. The van der Waals surface area contributed by atoms with Crippen LogP contribution in [0.2, 0.25) is 0 Å². The Morgan fingerprint density at radius 2 is 1.64 bits per heavy atom. The molecule has 2 heteroatoms. The zero-order chi connectivity index (χ0) is 11.5. The lowest BCUT2D eigenvalue weighted by molar-refractivity contribution is -0.160. The van der Waals surface area contributed by atoms with Crippen molar-refractivity contribution in [2.24, 2.45) is 17.3 Å². The molecule has 0 aliphatic rings. The van der Waals surface area contributed by atoms with Crippen molar-refractivity contribution >= 4 is 5.97 Å². The molecule has 0 aromatic heterocycles. The van der Waals surface area contributed by atoms with Gasteiger partial charge in [-0.05, 0) is 12.8 Å². The van der Waals surface area contributed by atoms with Gasteiger partial charge in [0.25, 0.3) is 0 Å². The second-order valence-electron chi connectivity index (χ2n) is 5.24. The van der Waals surface area contributed by atoms with Gasteiger partial charge in [0.15, 0.2) is 0 Å². The van der Waals surface area contributed by atoms with Gasteiger partial charge in [0.05, 0.1) is 5.92 Å². The van der Waals surface area contributed by atoms with Crippen molar-refractivity contribution in [3.05, 3.63) is 6.92 Å². The molecular formula is C12H23O2. The molecular weight excluding hydrogens is 176 g/mol. The fourth-order valence-electron chi connectivity index (χ4n) is 1.46. The van der Waals surface area contributed by atoms with Gasteiger partial charge in [-0.3, -0.25) is 4.79 Å². The summed E-state index contributed by atoms with van der Waals surface area (Å²) in [7, 11) is 0. The topological polar surface area (TPSA) is 26.3 Å². The highest BCUT2D eigenvalue weighted by Crippen LogP contribution is 2.28. The molecule has 0 fully saturated rings. The first kappa shape index (κ1) is 13.5. The molecule has 14 heavy (non-hydrogen) atoms. The van der Waals surface area contributed by atoms with Crippen LogP contribution < -0.4 is 0 Å². The van der Waals surface area contributed by atoms with Crippen molar-refractivity contribution in [2.75, 3.05) is 0 Å². The van der Waals surface area contributed by atoms with Crippen molar-refractivity contribution < 1.29 is 9.53 Å². The zero-order valence-electron chi connectivity index (χ0n) is 10.3. The third-order valence-electron chi connectivity index (χ3n) is 2.09. The van der Waals surface area contributed by atoms with Crippen LogP contribution in [-0.4, -0.2) is 12.1 Å². The van der Waals surface area contributed by atoms with Crippen LogP contribution >= 0.6 is 0 Å². The fourth-order valence-corrected chi connectivity index (χ4v) is 1.46. The standard InChI is InChI=1S/C12H23O2/c1-8(2)10(12(5,6)7)14-11(13)9(3)4/h8-10H,5H2,1-4,6-7H3. The summed E-state index contributed by atoms with van der Waals surface area (Å²) in [5.41, 5.74) is -0.237. The molecule has 1 atom stereocenters. The molecule has 1 radical (unpaired) electrons. The van der Waals surface area contributed by atoms with Crippen molar-refractivity contribution in [1.29, 1.82) is 0 Å². The second-order valence-corrected chi connectivity index (χ2v) is 5.24. The molecule has 0 saturated heterocycles. The van der Waals surface area contributed by atoms with Gasteiger partial charge in [-0.1, -0.05) is 41.5 Å². The van der Waals surface area contributed by atoms with E-state index in [0.717, 1.165) is 0 Å². The minimum Gasteiger partial charge on any atom is -0.461 e. The molecule has 0 amide bonds. The predicted molar refractivity (Wildman–Crippen MR) is 58.7 cm³/mol. The molecule has 0 N–H and O–H groups in total. The highest BCUT2D eigenvalue weighted by Gasteiger charge is 2.31. The van der Waals surface area contributed by atoms with E-state index in [1.54, 1.807) is 0 Å².